The number of aromatic nitrogens is 3. The maximum absolute atomic E-state index is 5.28. The molecule has 3 aromatic carbocycles. The molecule has 0 amide bonds. The number of ether oxygens (including phenoxy) is 1. The average Bonchev–Trinajstić information content (AvgIpc) is 3.10. The van der Waals surface area contributed by atoms with E-state index >= 15 is 0 Å². The highest BCUT2D eigenvalue weighted by Gasteiger charge is 2.10. The van der Waals surface area contributed by atoms with Gasteiger partial charge < -0.3 is 4.74 Å². The Balaban J connectivity index is 1.87. The molecule has 0 aliphatic heterocycles. The molecule has 0 aliphatic rings. The summed E-state index contributed by atoms with van der Waals surface area (Å²) in [4.78, 5) is 1.69. The number of benzene rings is 3. The Labute approximate surface area is 146 Å². The van der Waals surface area contributed by atoms with E-state index in [1.807, 2.05) is 54.6 Å². The van der Waals surface area contributed by atoms with Gasteiger partial charge in [0.25, 0.3) is 0 Å². The van der Waals surface area contributed by atoms with Gasteiger partial charge in [-0.3, -0.25) is 0 Å². The second kappa shape index (κ2) is 6.61. The first-order valence-electron chi connectivity index (χ1n) is 8.07. The summed E-state index contributed by atoms with van der Waals surface area (Å²) in [7, 11) is 1.65. The lowest BCUT2D eigenvalue weighted by Crippen LogP contribution is -2.03. The number of rotatable bonds is 4. The molecule has 0 saturated carbocycles. The first-order chi connectivity index (χ1) is 12.3. The zero-order valence-electron chi connectivity index (χ0n) is 13.8. The quantitative estimate of drug-likeness (QED) is 0.519. The monoisotopic (exact) mass is 327 g/mol. The molecule has 1 aromatic heterocycles. The van der Waals surface area contributed by atoms with Gasteiger partial charge in [-0.15, -0.1) is 15.0 Å². The van der Waals surface area contributed by atoms with Crippen LogP contribution in [0.3, 0.4) is 0 Å². The molecule has 0 bridgehead atoms. The van der Waals surface area contributed by atoms with Gasteiger partial charge in [-0.05, 0) is 23.8 Å². The normalized spacial score (nSPS) is 11.6. The topological polar surface area (TPSA) is 39.9 Å². The SMILES string of the molecule is COc1ccc2nn(C(=Cc3ccccc3)c3ccccc3)nc2c1. The maximum Gasteiger partial charge on any atom is 0.121 e. The van der Waals surface area contributed by atoms with Gasteiger partial charge in [-0.2, -0.15) is 0 Å². The Morgan fingerprint density at radius 1 is 0.840 bits per heavy atom. The van der Waals surface area contributed by atoms with E-state index in [4.69, 9.17) is 4.74 Å². The Hall–Kier alpha value is -3.40. The minimum atomic E-state index is 0.771. The lowest BCUT2D eigenvalue weighted by molar-refractivity contribution is 0.415. The standard InChI is InChI=1S/C21H17N3O/c1-25-18-12-13-19-20(15-18)23-24(22-19)21(17-10-6-3-7-11-17)14-16-8-4-2-5-9-16/h2-15H,1H3. The molecule has 0 N–H and O–H groups in total. The van der Waals surface area contributed by atoms with E-state index in [1.54, 1.807) is 11.9 Å². The number of methoxy groups -OCH3 is 1. The molecule has 1 heterocycles. The van der Waals surface area contributed by atoms with Crippen molar-refractivity contribution in [2.75, 3.05) is 7.11 Å². The lowest BCUT2D eigenvalue weighted by Gasteiger charge is -2.07. The summed E-state index contributed by atoms with van der Waals surface area (Å²) in [6, 6.07) is 26.0. The zero-order valence-corrected chi connectivity index (χ0v) is 13.8. The minimum absolute atomic E-state index is 0.771. The van der Waals surface area contributed by atoms with Crippen molar-refractivity contribution in [1.29, 1.82) is 0 Å². The molecule has 0 spiro atoms. The third-order valence-corrected chi connectivity index (χ3v) is 3.98. The van der Waals surface area contributed by atoms with Crippen molar-refractivity contribution in [2.24, 2.45) is 0 Å². The van der Waals surface area contributed by atoms with Crippen molar-refractivity contribution in [3.05, 3.63) is 90.0 Å². The molecule has 4 rings (SSSR count). The summed E-state index contributed by atoms with van der Waals surface area (Å²) in [5, 5.41) is 9.29. The van der Waals surface area contributed by atoms with E-state index in [0.29, 0.717) is 0 Å². The van der Waals surface area contributed by atoms with Crippen molar-refractivity contribution in [3.8, 4) is 5.75 Å². The van der Waals surface area contributed by atoms with E-state index in [0.717, 1.165) is 33.6 Å². The van der Waals surface area contributed by atoms with Gasteiger partial charge in [0.2, 0.25) is 0 Å². The average molecular weight is 327 g/mol. The predicted molar refractivity (Wildman–Crippen MR) is 100 cm³/mol. The van der Waals surface area contributed by atoms with Crippen molar-refractivity contribution in [3.63, 3.8) is 0 Å². The summed E-state index contributed by atoms with van der Waals surface area (Å²) < 4.78 is 5.28. The molecule has 122 valence electrons. The minimum Gasteiger partial charge on any atom is -0.497 e. The molecule has 25 heavy (non-hydrogen) atoms. The zero-order chi connectivity index (χ0) is 17.1. The van der Waals surface area contributed by atoms with E-state index in [1.165, 1.54) is 0 Å². The van der Waals surface area contributed by atoms with E-state index in [-0.39, 0.29) is 0 Å². The van der Waals surface area contributed by atoms with E-state index in [2.05, 4.69) is 40.5 Å². The molecule has 0 saturated heterocycles. The lowest BCUT2D eigenvalue weighted by atomic mass is 10.1. The van der Waals surface area contributed by atoms with Gasteiger partial charge in [-0.25, -0.2) is 0 Å². The first-order valence-corrected chi connectivity index (χ1v) is 8.07. The van der Waals surface area contributed by atoms with Crippen LogP contribution in [0.25, 0.3) is 22.8 Å². The molecular formula is C21H17N3O. The van der Waals surface area contributed by atoms with Gasteiger partial charge in [0.05, 0.1) is 12.8 Å². The van der Waals surface area contributed by atoms with E-state index in [9.17, 15) is 0 Å². The van der Waals surface area contributed by atoms with Gasteiger partial charge >= 0.3 is 0 Å². The molecule has 4 nitrogen and oxygen atoms in total. The van der Waals surface area contributed by atoms with Gasteiger partial charge in [-0.1, -0.05) is 60.7 Å². The van der Waals surface area contributed by atoms with Crippen LogP contribution >= 0.6 is 0 Å². The molecule has 4 aromatic rings. The van der Waals surface area contributed by atoms with Crippen LogP contribution in [0.2, 0.25) is 0 Å². The van der Waals surface area contributed by atoms with Crippen LogP contribution in [0.4, 0.5) is 0 Å². The molecule has 0 radical (unpaired) electrons. The van der Waals surface area contributed by atoms with Crippen LogP contribution < -0.4 is 4.74 Å². The fraction of sp³-hybridized carbons (Fsp3) is 0.0476. The van der Waals surface area contributed by atoms with Crippen molar-refractivity contribution in [2.45, 2.75) is 0 Å². The number of nitrogens with zero attached hydrogens (tertiary/aromatic N) is 3. The van der Waals surface area contributed by atoms with Crippen molar-refractivity contribution < 1.29 is 4.74 Å². The Morgan fingerprint density at radius 3 is 2.24 bits per heavy atom. The highest BCUT2D eigenvalue weighted by Crippen LogP contribution is 2.23. The third kappa shape index (κ3) is 3.15. The smallest absolute Gasteiger partial charge is 0.121 e. The Kier molecular flexibility index (Phi) is 4.01. The second-order valence-electron chi connectivity index (χ2n) is 5.65. The predicted octanol–water partition coefficient (Wildman–Crippen LogP) is 4.49. The number of hydrogen-bond donors (Lipinski definition) is 0. The third-order valence-electron chi connectivity index (χ3n) is 3.98. The van der Waals surface area contributed by atoms with Crippen molar-refractivity contribution in [1.82, 2.24) is 15.0 Å². The van der Waals surface area contributed by atoms with Crippen LogP contribution in [-0.4, -0.2) is 22.1 Å². The highest BCUT2D eigenvalue weighted by molar-refractivity contribution is 5.83. The molecule has 0 atom stereocenters. The maximum atomic E-state index is 5.28. The molecule has 4 heteroatoms. The molecule has 0 aliphatic carbocycles. The second-order valence-corrected chi connectivity index (χ2v) is 5.65. The van der Waals surface area contributed by atoms with Crippen LogP contribution in [0.5, 0.6) is 5.75 Å². The van der Waals surface area contributed by atoms with Crippen LogP contribution in [-0.2, 0) is 0 Å². The Bertz CT molecular complexity index is 1020. The summed E-state index contributed by atoms with van der Waals surface area (Å²) in [6.45, 7) is 0. The van der Waals surface area contributed by atoms with Crippen LogP contribution in [0, 0.1) is 0 Å². The van der Waals surface area contributed by atoms with Crippen LogP contribution in [0.1, 0.15) is 11.1 Å². The fourth-order valence-corrected chi connectivity index (χ4v) is 2.70. The number of hydrogen-bond acceptors (Lipinski definition) is 3. The summed E-state index contributed by atoms with van der Waals surface area (Å²) >= 11 is 0. The van der Waals surface area contributed by atoms with E-state index < -0.39 is 0 Å². The summed E-state index contributed by atoms with van der Waals surface area (Å²) in [6.07, 6.45) is 2.09. The molecule has 0 fully saturated rings. The van der Waals surface area contributed by atoms with Gasteiger partial charge in [0, 0.05) is 11.6 Å². The summed E-state index contributed by atoms with van der Waals surface area (Å²) in [5.74, 6) is 0.771. The van der Waals surface area contributed by atoms with Crippen LogP contribution in [0.15, 0.2) is 78.9 Å². The summed E-state index contributed by atoms with van der Waals surface area (Å²) in [5.41, 5.74) is 4.70. The van der Waals surface area contributed by atoms with Gasteiger partial charge in [0.15, 0.2) is 0 Å². The largest absolute Gasteiger partial charge is 0.497 e. The first kappa shape index (κ1) is 15.1. The molecular weight excluding hydrogens is 310 g/mol. The Morgan fingerprint density at radius 2 is 1.52 bits per heavy atom. The molecule has 0 unspecified atom stereocenters. The fourth-order valence-electron chi connectivity index (χ4n) is 2.70. The van der Waals surface area contributed by atoms with Gasteiger partial charge in [0.1, 0.15) is 16.8 Å². The number of fused-ring (bicyclic) bond motifs is 1. The highest BCUT2D eigenvalue weighted by atomic mass is 16.5. The van der Waals surface area contributed by atoms with Crippen molar-refractivity contribution >= 4 is 22.8 Å².